The van der Waals surface area contributed by atoms with E-state index in [1.807, 2.05) is 50.3 Å². The quantitative estimate of drug-likeness (QED) is 0.421. The van der Waals surface area contributed by atoms with Crippen LogP contribution in [0.2, 0.25) is 0 Å². The number of nitrogens with one attached hydrogen (secondary N) is 2. The summed E-state index contributed by atoms with van der Waals surface area (Å²) in [4.78, 5) is 0. The number of likely N-dealkylation sites (N-methyl/N-ethyl adjacent to an activating group) is 1. The van der Waals surface area contributed by atoms with E-state index in [0.717, 1.165) is 34.5 Å². The van der Waals surface area contributed by atoms with Crippen LogP contribution in [-0.4, -0.2) is 12.8 Å². The van der Waals surface area contributed by atoms with E-state index >= 15 is 0 Å². The molecule has 2 heteroatoms. The highest BCUT2D eigenvalue weighted by Gasteiger charge is 2.09. The summed E-state index contributed by atoms with van der Waals surface area (Å²) in [5, 5.41) is 10.7. The van der Waals surface area contributed by atoms with Gasteiger partial charge in [-0.2, -0.15) is 0 Å². The first kappa shape index (κ1) is 15.7. The Morgan fingerprint density at radius 1 is 1.45 bits per heavy atom. The molecule has 0 amide bonds. The minimum atomic E-state index is 0.852. The molecule has 20 heavy (non-hydrogen) atoms. The predicted octanol–water partition coefficient (Wildman–Crippen LogP) is 4.23. The third-order valence-corrected chi connectivity index (χ3v) is 2.96. The lowest BCUT2D eigenvalue weighted by Gasteiger charge is -2.13. The molecule has 0 radical (unpaired) electrons. The van der Waals surface area contributed by atoms with Crippen molar-refractivity contribution in [1.82, 2.24) is 5.32 Å². The molecule has 1 aliphatic rings. The lowest BCUT2D eigenvalue weighted by molar-refractivity contribution is 0.871. The van der Waals surface area contributed by atoms with Crippen molar-refractivity contribution in [2.75, 3.05) is 6.54 Å². The average Bonchev–Trinajstić information content (AvgIpc) is 2.69. The Hall–Kier alpha value is -2.31. The molecule has 0 unspecified atom stereocenters. The van der Waals surface area contributed by atoms with Crippen molar-refractivity contribution in [3.8, 4) is 0 Å². The third kappa shape index (κ3) is 4.11. The molecule has 0 heterocycles. The lowest BCUT2D eigenvalue weighted by Crippen LogP contribution is -2.13. The van der Waals surface area contributed by atoms with E-state index in [-0.39, 0.29) is 0 Å². The van der Waals surface area contributed by atoms with Crippen LogP contribution < -0.4 is 5.32 Å². The summed E-state index contributed by atoms with van der Waals surface area (Å²) >= 11 is 0. The molecular weight excluding hydrogens is 244 g/mol. The first-order valence-corrected chi connectivity index (χ1v) is 6.73. The van der Waals surface area contributed by atoms with Crippen molar-refractivity contribution in [2.45, 2.75) is 20.8 Å². The van der Waals surface area contributed by atoms with Crippen molar-refractivity contribution >= 4 is 6.21 Å². The molecule has 0 bridgehead atoms. The fourth-order valence-corrected chi connectivity index (χ4v) is 1.85. The monoisotopic (exact) mass is 266 g/mol. The maximum Gasteiger partial charge on any atom is 0.0426 e. The van der Waals surface area contributed by atoms with E-state index in [0.29, 0.717) is 0 Å². The SMILES string of the molecule is C=C/C(C)=C(\C=C(/C)C=N)C1=C(NCC)C=CC=C=C1. The van der Waals surface area contributed by atoms with E-state index in [1.165, 1.54) is 6.21 Å². The van der Waals surface area contributed by atoms with Crippen molar-refractivity contribution < 1.29 is 0 Å². The summed E-state index contributed by atoms with van der Waals surface area (Å²) < 4.78 is 0. The summed E-state index contributed by atoms with van der Waals surface area (Å²) in [5.41, 5.74) is 8.30. The zero-order chi connectivity index (χ0) is 15.0. The fourth-order valence-electron chi connectivity index (χ4n) is 1.85. The van der Waals surface area contributed by atoms with Crippen molar-refractivity contribution in [3.63, 3.8) is 0 Å². The van der Waals surface area contributed by atoms with Gasteiger partial charge in [-0.25, -0.2) is 0 Å². The van der Waals surface area contributed by atoms with Crippen LogP contribution in [0.1, 0.15) is 20.8 Å². The minimum absolute atomic E-state index is 0.852. The standard InChI is InChI=1S/C18H22N2/c1-5-15(4)17(12-14(3)13-19)16-10-8-7-9-11-18(16)20-6-2/h5,7,9-13,19-20H,1,6H2,2-4H3/b14-12+,17-15+,19-13?. The molecule has 0 saturated heterocycles. The van der Waals surface area contributed by atoms with Crippen molar-refractivity contribution in [1.29, 1.82) is 5.41 Å². The van der Waals surface area contributed by atoms with Gasteiger partial charge < -0.3 is 10.7 Å². The van der Waals surface area contributed by atoms with Gasteiger partial charge in [-0.15, -0.1) is 5.73 Å². The van der Waals surface area contributed by atoms with Gasteiger partial charge in [0.2, 0.25) is 0 Å². The number of hydrogen-bond acceptors (Lipinski definition) is 2. The Bertz CT molecular complexity index is 575. The summed E-state index contributed by atoms with van der Waals surface area (Å²) in [6, 6.07) is 0. The van der Waals surface area contributed by atoms with Crippen LogP contribution >= 0.6 is 0 Å². The Kier molecular flexibility index (Phi) is 6.28. The van der Waals surface area contributed by atoms with E-state index in [4.69, 9.17) is 5.41 Å². The Balaban J connectivity index is 3.52. The first-order chi connectivity index (χ1) is 9.63. The highest BCUT2D eigenvalue weighted by molar-refractivity contribution is 5.77. The Morgan fingerprint density at radius 3 is 2.80 bits per heavy atom. The topological polar surface area (TPSA) is 35.9 Å². The summed E-state index contributed by atoms with van der Waals surface area (Å²) in [5.74, 6) is 0. The van der Waals surface area contributed by atoms with Crippen LogP contribution in [0.5, 0.6) is 0 Å². The molecular formula is C18H22N2. The summed E-state index contributed by atoms with van der Waals surface area (Å²) in [7, 11) is 0. The minimum Gasteiger partial charge on any atom is -0.385 e. The normalized spacial score (nSPS) is 15.8. The van der Waals surface area contributed by atoms with Gasteiger partial charge in [0.1, 0.15) is 0 Å². The maximum atomic E-state index is 7.37. The van der Waals surface area contributed by atoms with Gasteiger partial charge in [0.15, 0.2) is 0 Å². The predicted molar refractivity (Wildman–Crippen MR) is 87.9 cm³/mol. The second kappa shape index (κ2) is 7.98. The van der Waals surface area contributed by atoms with Crippen LogP contribution in [0, 0.1) is 5.41 Å². The summed E-state index contributed by atoms with van der Waals surface area (Å²) in [6.07, 6.45) is 13.1. The zero-order valence-corrected chi connectivity index (χ0v) is 12.5. The van der Waals surface area contributed by atoms with Crippen LogP contribution in [0.3, 0.4) is 0 Å². The van der Waals surface area contributed by atoms with Gasteiger partial charge in [-0.3, -0.25) is 0 Å². The largest absolute Gasteiger partial charge is 0.385 e. The van der Waals surface area contributed by atoms with Crippen LogP contribution in [0.25, 0.3) is 0 Å². The molecule has 0 aromatic rings. The highest BCUT2D eigenvalue weighted by Crippen LogP contribution is 2.24. The molecule has 0 aliphatic heterocycles. The summed E-state index contributed by atoms with van der Waals surface area (Å²) in [6.45, 7) is 10.7. The van der Waals surface area contributed by atoms with Crippen LogP contribution in [-0.2, 0) is 0 Å². The van der Waals surface area contributed by atoms with Gasteiger partial charge in [-0.1, -0.05) is 18.7 Å². The maximum absolute atomic E-state index is 7.37. The smallest absolute Gasteiger partial charge is 0.0426 e. The van der Waals surface area contributed by atoms with E-state index in [2.05, 4.69) is 24.6 Å². The van der Waals surface area contributed by atoms with E-state index in [9.17, 15) is 0 Å². The molecule has 2 N–H and O–H groups in total. The van der Waals surface area contributed by atoms with Crippen molar-refractivity contribution in [2.24, 2.45) is 0 Å². The van der Waals surface area contributed by atoms with Gasteiger partial charge in [-0.05, 0) is 61.8 Å². The molecule has 1 rings (SSSR count). The number of hydrogen-bond donors (Lipinski definition) is 2. The average molecular weight is 266 g/mol. The molecule has 1 aliphatic carbocycles. The second-order valence-corrected chi connectivity index (χ2v) is 4.53. The molecule has 0 saturated carbocycles. The Labute approximate surface area is 121 Å². The molecule has 0 aromatic carbocycles. The van der Waals surface area contributed by atoms with E-state index in [1.54, 1.807) is 0 Å². The van der Waals surface area contributed by atoms with E-state index < -0.39 is 0 Å². The van der Waals surface area contributed by atoms with Crippen LogP contribution in [0.4, 0.5) is 0 Å². The first-order valence-electron chi connectivity index (χ1n) is 6.73. The number of allylic oxidation sites excluding steroid dienone is 9. The van der Waals surface area contributed by atoms with Gasteiger partial charge >= 0.3 is 0 Å². The molecule has 0 aromatic heterocycles. The second-order valence-electron chi connectivity index (χ2n) is 4.53. The van der Waals surface area contributed by atoms with Gasteiger partial charge in [0.05, 0.1) is 0 Å². The fraction of sp³-hybridized carbons (Fsp3) is 0.222. The Morgan fingerprint density at radius 2 is 2.20 bits per heavy atom. The third-order valence-electron chi connectivity index (χ3n) is 2.96. The molecule has 0 fully saturated rings. The molecule has 0 spiro atoms. The molecule has 2 nitrogen and oxygen atoms in total. The van der Waals surface area contributed by atoms with Gasteiger partial charge in [0, 0.05) is 24.0 Å². The lowest BCUT2D eigenvalue weighted by atomic mass is 9.96. The zero-order valence-electron chi connectivity index (χ0n) is 12.5. The molecule has 104 valence electrons. The van der Waals surface area contributed by atoms with Gasteiger partial charge in [0.25, 0.3) is 0 Å². The molecule has 0 atom stereocenters. The number of rotatable bonds is 6. The van der Waals surface area contributed by atoms with Crippen LogP contribution in [0.15, 0.2) is 76.8 Å². The highest BCUT2D eigenvalue weighted by atomic mass is 14.9. The van der Waals surface area contributed by atoms with Crippen molar-refractivity contribution in [3.05, 3.63) is 76.8 Å².